The van der Waals surface area contributed by atoms with Gasteiger partial charge in [0.15, 0.2) is 5.56 Å². The molecular formula is C14H18N2O5. The Morgan fingerprint density at radius 1 is 1.52 bits per heavy atom. The molecule has 21 heavy (non-hydrogen) atoms. The first-order chi connectivity index (χ1) is 10.1. The van der Waals surface area contributed by atoms with Crippen LogP contribution in [-0.4, -0.2) is 47.1 Å². The van der Waals surface area contributed by atoms with Crippen LogP contribution in [-0.2, 0) is 0 Å². The monoisotopic (exact) mass is 294 g/mol. The summed E-state index contributed by atoms with van der Waals surface area (Å²) in [6.07, 6.45) is 2.46. The van der Waals surface area contributed by atoms with Crippen LogP contribution in [0.5, 0.6) is 5.75 Å². The molecule has 114 valence electrons. The molecule has 1 atom stereocenters. The van der Waals surface area contributed by atoms with Crippen molar-refractivity contribution in [2.24, 2.45) is 0 Å². The molecule has 1 saturated heterocycles. The topological polar surface area (TPSA) is 92.9 Å². The molecule has 1 aromatic rings. The van der Waals surface area contributed by atoms with Crippen molar-refractivity contribution < 1.29 is 19.6 Å². The Morgan fingerprint density at radius 3 is 2.90 bits per heavy atom. The number of hydrogen-bond acceptors (Lipinski definition) is 5. The van der Waals surface area contributed by atoms with Crippen LogP contribution in [0.2, 0.25) is 0 Å². The van der Waals surface area contributed by atoms with Crippen LogP contribution in [0, 0.1) is 10.1 Å². The fourth-order valence-corrected chi connectivity index (χ4v) is 2.66. The predicted octanol–water partition coefficient (Wildman–Crippen LogP) is 1.59. The zero-order valence-corrected chi connectivity index (χ0v) is 11.8. The van der Waals surface area contributed by atoms with Crippen molar-refractivity contribution in [2.75, 3.05) is 20.3 Å². The summed E-state index contributed by atoms with van der Waals surface area (Å²) in [4.78, 5) is 24.8. The fraction of sp³-hybridized carbons (Fsp3) is 0.500. The molecular weight excluding hydrogens is 276 g/mol. The summed E-state index contributed by atoms with van der Waals surface area (Å²) < 4.78 is 5.10. The first-order valence-electron chi connectivity index (χ1n) is 6.83. The third-order valence-electron chi connectivity index (χ3n) is 3.73. The number of amides is 1. The number of nitrogens with zero attached hydrogens (tertiary/aromatic N) is 2. The number of carbonyl (C=O) groups is 1. The third-order valence-corrected chi connectivity index (χ3v) is 3.73. The van der Waals surface area contributed by atoms with E-state index in [2.05, 4.69) is 0 Å². The summed E-state index contributed by atoms with van der Waals surface area (Å²) in [6, 6.07) is 4.00. The van der Waals surface area contributed by atoms with E-state index in [9.17, 15) is 20.0 Å². The maximum atomic E-state index is 12.7. The molecule has 1 aliphatic heterocycles. The molecule has 1 N–H and O–H groups in total. The van der Waals surface area contributed by atoms with E-state index in [-0.39, 0.29) is 29.6 Å². The molecule has 7 nitrogen and oxygen atoms in total. The molecule has 1 heterocycles. The molecule has 0 radical (unpaired) electrons. The van der Waals surface area contributed by atoms with Crippen molar-refractivity contribution in [3.05, 3.63) is 33.9 Å². The van der Waals surface area contributed by atoms with Gasteiger partial charge in [0.2, 0.25) is 0 Å². The molecule has 0 bridgehead atoms. The number of carbonyl (C=O) groups excluding carboxylic acids is 1. The van der Waals surface area contributed by atoms with Gasteiger partial charge in [-0.15, -0.1) is 0 Å². The summed E-state index contributed by atoms with van der Waals surface area (Å²) >= 11 is 0. The molecule has 0 spiro atoms. The smallest absolute Gasteiger partial charge is 0.285 e. The minimum absolute atomic E-state index is 0.0506. The van der Waals surface area contributed by atoms with Crippen molar-refractivity contribution in [1.82, 2.24) is 4.90 Å². The summed E-state index contributed by atoms with van der Waals surface area (Å²) in [7, 11) is 1.37. The number of nitro groups is 1. The second-order valence-corrected chi connectivity index (χ2v) is 4.94. The van der Waals surface area contributed by atoms with Gasteiger partial charge < -0.3 is 14.7 Å². The quantitative estimate of drug-likeness (QED) is 0.672. The minimum atomic E-state index is -0.590. The van der Waals surface area contributed by atoms with E-state index in [0.717, 1.165) is 12.8 Å². The lowest BCUT2D eigenvalue weighted by molar-refractivity contribution is -0.385. The average molecular weight is 294 g/mol. The van der Waals surface area contributed by atoms with E-state index in [4.69, 9.17) is 4.74 Å². The summed E-state index contributed by atoms with van der Waals surface area (Å²) in [6.45, 7) is 0.341. The van der Waals surface area contributed by atoms with Gasteiger partial charge in [0, 0.05) is 12.6 Å². The summed E-state index contributed by atoms with van der Waals surface area (Å²) in [5.74, 6) is -0.283. The number of nitro benzene ring substituents is 1. The van der Waals surface area contributed by atoms with E-state index in [1.54, 1.807) is 0 Å². The van der Waals surface area contributed by atoms with Crippen LogP contribution in [0.4, 0.5) is 5.69 Å². The predicted molar refractivity (Wildman–Crippen MR) is 75.4 cm³/mol. The minimum Gasteiger partial charge on any atom is -0.496 e. The lowest BCUT2D eigenvalue weighted by Crippen LogP contribution is -2.45. The molecule has 1 unspecified atom stereocenters. The molecule has 1 amide bonds. The van der Waals surface area contributed by atoms with Crippen LogP contribution >= 0.6 is 0 Å². The van der Waals surface area contributed by atoms with E-state index in [1.165, 1.54) is 30.2 Å². The highest BCUT2D eigenvalue weighted by Gasteiger charge is 2.33. The third kappa shape index (κ3) is 2.97. The molecule has 1 aliphatic rings. The Hall–Kier alpha value is -2.15. The number of benzene rings is 1. The van der Waals surface area contributed by atoms with E-state index in [0.29, 0.717) is 13.0 Å². The number of aliphatic hydroxyl groups is 1. The largest absolute Gasteiger partial charge is 0.496 e. The van der Waals surface area contributed by atoms with E-state index in [1.807, 2.05) is 0 Å². The number of hydrogen-bond donors (Lipinski definition) is 1. The van der Waals surface area contributed by atoms with Gasteiger partial charge in [-0.2, -0.15) is 0 Å². The number of aliphatic hydroxyl groups excluding tert-OH is 1. The number of piperidine rings is 1. The van der Waals surface area contributed by atoms with Gasteiger partial charge in [-0.1, -0.05) is 6.07 Å². The van der Waals surface area contributed by atoms with Crippen LogP contribution in [0.25, 0.3) is 0 Å². The highest BCUT2D eigenvalue weighted by molar-refractivity contribution is 6.01. The van der Waals surface area contributed by atoms with Crippen molar-refractivity contribution in [3.63, 3.8) is 0 Å². The zero-order chi connectivity index (χ0) is 15.4. The number of likely N-dealkylation sites (tertiary alicyclic amines) is 1. The summed E-state index contributed by atoms with van der Waals surface area (Å²) in [5, 5.41) is 20.6. The molecule has 7 heteroatoms. The maximum Gasteiger partial charge on any atom is 0.285 e. The van der Waals surface area contributed by atoms with Crippen molar-refractivity contribution >= 4 is 11.6 Å². The molecule has 0 aromatic heterocycles. The fourth-order valence-electron chi connectivity index (χ4n) is 2.66. The molecule has 1 fully saturated rings. The van der Waals surface area contributed by atoms with Gasteiger partial charge in [0.1, 0.15) is 5.75 Å². The Bertz CT molecular complexity index is 546. The van der Waals surface area contributed by atoms with E-state index >= 15 is 0 Å². The zero-order valence-electron chi connectivity index (χ0n) is 11.8. The second-order valence-electron chi connectivity index (χ2n) is 4.94. The first kappa shape index (κ1) is 15.2. The molecule has 2 rings (SSSR count). The van der Waals surface area contributed by atoms with Gasteiger partial charge >= 0.3 is 0 Å². The lowest BCUT2D eigenvalue weighted by atomic mass is 10.0. The van der Waals surface area contributed by atoms with Gasteiger partial charge in [0.25, 0.3) is 11.6 Å². The van der Waals surface area contributed by atoms with Crippen LogP contribution in [0.1, 0.15) is 29.6 Å². The van der Waals surface area contributed by atoms with Crippen molar-refractivity contribution in [1.29, 1.82) is 0 Å². The Kier molecular flexibility index (Phi) is 4.74. The van der Waals surface area contributed by atoms with Gasteiger partial charge in [-0.25, -0.2) is 0 Å². The van der Waals surface area contributed by atoms with Gasteiger partial charge in [0.05, 0.1) is 24.7 Å². The molecule has 0 saturated carbocycles. The van der Waals surface area contributed by atoms with Crippen molar-refractivity contribution in [2.45, 2.75) is 25.3 Å². The number of ether oxygens (including phenoxy) is 1. The lowest BCUT2D eigenvalue weighted by Gasteiger charge is -2.34. The Morgan fingerprint density at radius 2 is 2.29 bits per heavy atom. The average Bonchev–Trinajstić information content (AvgIpc) is 2.53. The SMILES string of the molecule is COc1cccc([N+](=O)[O-])c1C(=O)N1CCCCC1CO. The molecule has 0 aliphatic carbocycles. The van der Waals surface area contributed by atoms with Gasteiger partial charge in [-0.05, 0) is 25.3 Å². The Balaban J connectivity index is 2.44. The highest BCUT2D eigenvalue weighted by atomic mass is 16.6. The van der Waals surface area contributed by atoms with Crippen LogP contribution in [0.15, 0.2) is 18.2 Å². The standard InChI is InChI=1S/C14H18N2O5/c1-21-12-7-4-6-11(16(19)20)13(12)14(18)15-8-3-2-5-10(15)9-17/h4,6-7,10,17H,2-3,5,8-9H2,1H3. The number of methoxy groups -OCH3 is 1. The van der Waals surface area contributed by atoms with Crippen LogP contribution in [0.3, 0.4) is 0 Å². The first-order valence-corrected chi connectivity index (χ1v) is 6.83. The van der Waals surface area contributed by atoms with Crippen molar-refractivity contribution in [3.8, 4) is 5.75 Å². The summed E-state index contributed by atoms with van der Waals surface area (Å²) in [5.41, 5.74) is -0.327. The highest BCUT2D eigenvalue weighted by Crippen LogP contribution is 2.31. The normalized spacial score (nSPS) is 18.4. The van der Waals surface area contributed by atoms with Crippen LogP contribution < -0.4 is 4.74 Å². The Labute approximate surface area is 122 Å². The van der Waals surface area contributed by atoms with E-state index < -0.39 is 10.8 Å². The molecule has 1 aromatic carbocycles. The maximum absolute atomic E-state index is 12.7. The number of rotatable bonds is 4. The van der Waals surface area contributed by atoms with Gasteiger partial charge in [-0.3, -0.25) is 14.9 Å². The second kappa shape index (κ2) is 6.53.